The van der Waals surface area contributed by atoms with Gasteiger partial charge in [0.15, 0.2) is 0 Å². The lowest BCUT2D eigenvalue weighted by molar-refractivity contribution is -0.874. The van der Waals surface area contributed by atoms with Crippen molar-refractivity contribution in [3.05, 3.63) is 0 Å². The molecule has 0 saturated heterocycles. The van der Waals surface area contributed by atoms with Crippen molar-refractivity contribution >= 4 is 11.8 Å². The van der Waals surface area contributed by atoms with Gasteiger partial charge in [-0.05, 0) is 6.42 Å². The summed E-state index contributed by atoms with van der Waals surface area (Å²) >= 11 is 0. The van der Waals surface area contributed by atoms with E-state index < -0.39 is 18.0 Å². The molecule has 0 radical (unpaired) electrons. The molecule has 0 amide bonds. The summed E-state index contributed by atoms with van der Waals surface area (Å²) in [4.78, 5) is 23.8. The van der Waals surface area contributed by atoms with Gasteiger partial charge in [-0.1, -0.05) is 142 Å². The molecule has 0 bridgehead atoms. The maximum atomic E-state index is 12.3. The van der Waals surface area contributed by atoms with Crippen molar-refractivity contribution in [2.45, 2.75) is 167 Å². The number of nitrogens with zero attached hydrogens (tertiary/aromatic N) is 1. The molecule has 0 saturated carbocycles. The van der Waals surface area contributed by atoms with E-state index in [1.165, 1.54) is 122 Å². The highest BCUT2D eigenvalue weighted by Gasteiger charge is 2.32. The van der Waals surface area contributed by atoms with Crippen molar-refractivity contribution in [2.75, 3.05) is 27.7 Å². The molecule has 38 heavy (non-hydrogen) atoms. The summed E-state index contributed by atoms with van der Waals surface area (Å²) in [5.41, 5.74) is 0. The molecule has 226 valence electrons. The van der Waals surface area contributed by atoms with Gasteiger partial charge in [0, 0.05) is 12.8 Å². The Kier molecular flexibility index (Phi) is 24.4. The number of Topliss-reactive ketones (excluding diaryl/α,β-unsaturated/α-hetero) is 1. The molecule has 0 fully saturated rings. The van der Waals surface area contributed by atoms with Crippen LogP contribution in [0.3, 0.4) is 0 Å². The number of aliphatic hydroxyl groups is 1. The zero-order chi connectivity index (χ0) is 28.5. The van der Waals surface area contributed by atoms with Gasteiger partial charge >= 0.3 is 5.97 Å². The largest absolute Gasteiger partial charge is 0.481 e. The topological polar surface area (TPSA) is 74.6 Å². The Morgan fingerprint density at radius 1 is 0.579 bits per heavy atom. The van der Waals surface area contributed by atoms with Crippen molar-refractivity contribution < 1.29 is 24.3 Å². The maximum Gasteiger partial charge on any atom is 0.309 e. The number of aliphatic carboxylic acids is 1. The number of unbranched alkanes of at least 4 members (excludes halogenated alkanes) is 21. The minimum absolute atomic E-state index is 0.0361. The molecule has 0 aromatic carbocycles. The zero-order valence-corrected chi connectivity index (χ0v) is 26.0. The predicted molar refractivity (Wildman–Crippen MR) is 162 cm³/mol. The highest BCUT2D eigenvalue weighted by atomic mass is 16.4. The molecule has 0 aromatic rings. The molecular formula is C33H66NO4+. The monoisotopic (exact) mass is 540 g/mol. The van der Waals surface area contributed by atoms with E-state index in [1.807, 2.05) is 21.1 Å². The molecule has 2 atom stereocenters. The second-order valence-corrected chi connectivity index (χ2v) is 12.9. The highest BCUT2D eigenvalue weighted by molar-refractivity contribution is 5.84. The van der Waals surface area contributed by atoms with Crippen molar-refractivity contribution in [1.82, 2.24) is 0 Å². The van der Waals surface area contributed by atoms with Gasteiger partial charge in [-0.2, -0.15) is 0 Å². The number of likely N-dealkylation sites (N-methyl/N-ethyl adjacent to an activating group) is 1. The van der Waals surface area contributed by atoms with Crippen molar-refractivity contribution in [3.8, 4) is 0 Å². The summed E-state index contributed by atoms with van der Waals surface area (Å²) in [5.74, 6) is -2.11. The summed E-state index contributed by atoms with van der Waals surface area (Å²) in [7, 11) is 5.72. The van der Waals surface area contributed by atoms with E-state index in [9.17, 15) is 19.8 Å². The molecular weight excluding hydrogens is 474 g/mol. The van der Waals surface area contributed by atoms with E-state index in [-0.39, 0.29) is 12.2 Å². The smallest absolute Gasteiger partial charge is 0.309 e. The van der Waals surface area contributed by atoms with Crippen LogP contribution in [0.5, 0.6) is 0 Å². The van der Waals surface area contributed by atoms with Gasteiger partial charge in [0.25, 0.3) is 0 Å². The van der Waals surface area contributed by atoms with Crippen LogP contribution in [0.15, 0.2) is 0 Å². The first-order valence-corrected chi connectivity index (χ1v) is 16.4. The summed E-state index contributed by atoms with van der Waals surface area (Å²) in [6.45, 7) is 2.61. The molecule has 0 aromatic heterocycles. The van der Waals surface area contributed by atoms with Gasteiger partial charge in [-0.15, -0.1) is 0 Å². The Bertz CT molecular complexity index is 558. The molecule has 0 aliphatic carbocycles. The van der Waals surface area contributed by atoms with Crippen molar-refractivity contribution in [1.29, 1.82) is 0 Å². The fraction of sp³-hybridized carbons (Fsp3) is 0.939. The van der Waals surface area contributed by atoms with Gasteiger partial charge in [-0.25, -0.2) is 0 Å². The average molecular weight is 541 g/mol. The Morgan fingerprint density at radius 3 is 1.18 bits per heavy atom. The molecule has 5 heteroatoms. The fourth-order valence-electron chi connectivity index (χ4n) is 5.35. The van der Waals surface area contributed by atoms with E-state index in [2.05, 4.69) is 6.92 Å². The summed E-state index contributed by atoms with van der Waals surface area (Å²) in [6.07, 6.45) is 28.9. The van der Waals surface area contributed by atoms with E-state index >= 15 is 0 Å². The minimum Gasteiger partial charge on any atom is -0.481 e. The van der Waals surface area contributed by atoms with E-state index in [0.717, 1.165) is 19.3 Å². The molecule has 2 unspecified atom stereocenters. The molecule has 0 spiro atoms. The first-order chi connectivity index (χ1) is 18.2. The molecule has 5 nitrogen and oxygen atoms in total. The standard InChI is InChI=1S/C33H65NO4/c1-5-6-7-8-9-10-11-12-13-14-15-16-17-18-19-20-21-22-23-24-25-26-27-30(35)28-31(33(37)38)32(36)29-34(2,3)4/h31-32,36H,5-29H2,1-4H3/p+1. The highest BCUT2D eigenvalue weighted by Crippen LogP contribution is 2.17. The molecule has 0 heterocycles. The van der Waals surface area contributed by atoms with Crippen LogP contribution in [0.1, 0.15) is 161 Å². The van der Waals surface area contributed by atoms with Gasteiger partial charge in [0.05, 0.1) is 27.1 Å². The van der Waals surface area contributed by atoms with Crippen LogP contribution in [-0.4, -0.2) is 60.2 Å². The van der Waals surface area contributed by atoms with Crippen molar-refractivity contribution in [2.24, 2.45) is 5.92 Å². The predicted octanol–water partition coefficient (Wildman–Crippen LogP) is 8.71. The lowest BCUT2D eigenvalue weighted by Gasteiger charge is -2.29. The van der Waals surface area contributed by atoms with Crippen LogP contribution in [0.2, 0.25) is 0 Å². The van der Waals surface area contributed by atoms with Gasteiger partial charge in [0.2, 0.25) is 0 Å². The first kappa shape index (κ1) is 37.1. The zero-order valence-electron chi connectivity index (χ0n) is 26.0. The molecule has 2 N–H and O–H groups in total. The van der Waals surface area contributed by atoms with Gasteiger partial charge < -0.3 is 14.7 Å². The number of rotatable bonds is 29. The van der Waals surface area contributed by atoms with Gasteiger partial charge in [-0.3, -0.25) is 9.59 Å². The normalized spacial score (nSPS) is 13.5. The van der Waals surface area contributed by atoms with Crippen LogP contribution in [-0.2, 0) is 9.59 Å². The Labute approximate surface area is 236 Å². The van der Waals surface area contributed by atoms with E-state index in [1.54, 1.807) is 0 Å². The van der Waals surface area contributed by atoms with E-state index in [4.69, 9.17) is 0 Å². The Hall–Kier alpha value is -0.940. The SMILES string of the molecule is CCCCCCCCCCCCCCCCCCCCCCCCC(=O)CC(C(=O)O)C(O)C[N+](C)(C)C. The van der Waals surface area contributed by atoms with Crippen molar-refractivity contribution in [3.63, 3.8) is 0 Å². The number of carboxylic acids is 1. The number of carbonyl (C=O) groups is 2. The minimum atomic E-state index is -1.08. The van der Waals surface area contributed by atoms with Crippen LogP contribution >= 0.6 is 0 Å². The number of ketones is 1. The third kappa shape index (κ3) is 25.3. The maximum absolute atomic E-state index is 12.3. The first-order valence-electron chi connectivity index (χ1n) is 16.4. The van der Waals surface area contributed by atoms with Crippen LogP contribution in [0.25, 0.3) is 0 Å². The number of carboxylic acid groups (broad SMARTS) is 1. The summed E-state index contributed by atoms with van der Waals surface area (Å²) in [6, 6.07) is 0. The lowest BCUT2D eigenvalue weighted by Crippen LogP contribution is -2.46. The summed E-state index contributed by atoms with van der Waals surface area (Å²) < 4.78 is 0.471. The lowest BCUT2D eigenvalue weighted by atomic mass is 9.93. The fourth-order valence-corrected chi connectivity index (χ4v) is 5.35. The Morgan fingerprint density at radius 2 is 0.895 bits per heavy atom. The van der Waals surface area contributed by atoms with Crippen LogP contribution in [0, 0.1) is 5.92 Å². The number of aliphatic hydroxyl groups excluding tert-OH is 1. The quantitative estimate of drug-likeness (QED) is 0.0735. The van der Waals surface area contributed by atoms with E-state index in [0.29, 0.717) is 17.4 Å². The third-order valence-electron chi connectivity index (χ3n) is 7.77. The number of carbonyl (C=O) groups excluding carboxylic acids is 1. The van der Waals surface area contributed by atoms with Crippen LogP contribution < -0.4 is 0 Å². The molecule has 0 aliphatic heterocycles. The average Bonchev–Trinajstić information content (AvgIpc) is 2.84. The second kappa shape index (κ2) is 25.1. The third-order valence-corrected chi connectivity index (χ3v) is 7.77. The van der Waals surface area contributed by atoms with Gasteiger partial charge in [0.1, 0.15) is 18.4 Å². The second-order valence-electron chi connectivity index (χ2n) is 12.9. The number of hydrogen-bond donors (Lipinski definition) is 2. The molecule has 0 rings (SSSR count). The van der Waals surface area contributed by atoms with Crippen LogP contribution in [0.4, 0.5) is 0 Å². The summed E-state index contributed by atoms with van der Waals surface area (Å²) in [5, 5.41) is 19.7. The Balaban J connectivity index is 3.45. The number of hydrogen-bond acceptors (Lipinski definition) is 3. The molecule has 0 aliphatic rings. The number of quaternary nitrogens is 1.